The smallest absolute Gasteiger partial charge is 0.232 e. The summed E-state index contributed by atoms with van der Waals surface area (Å²) in [4.78, 5) is 4.11. The molecule has 0 aliphatic carbocycles. The van der Waals surface area contributed by atoms with Gasteiger partial charge in [-0.25, -0.2) is 0 Å². The molecule has 1 heterocycles. The Morgan fingerprint density at radius 2 is 2.14 bits per heavy atom. The molecule has 0 spiro atoms. The number of anilines is 1. The minimum Gasteiger partial charge on any atom is -0.494 e. The number of hydrogen-bond acceptors (Lipinski definition) is 5. The summed E-state index contributed by atoms with van der Waals surface area (Å²) in [6, 6.07) is 9.67. The van der Waals surface area contributed by atoms with Crippen LogP contribution in [0.2, 0.25) is 0 Å². The maximum Gasteiger partial charge on any atom is 0.232 e. The quantitative estimate of drug-likeness (QED) is 0.788. The van der Waals surface area contributed by atoms with Gasteiger partial charge in [0.2, 0.25) is 17.5 Å². The molecule has 0 fully saturated rings. The van der Waals surface area contributed by atoms with Crippen molar-refractivity contribution in [1.29, 1.82) is 5.26 Å². The van der Waals surface area contributed by atoms with Crippen LogP contribution < -0.4 is 10.1 Å². The molecule has 0 amide bonds. The molecule has 0 bridgehead atoms. The van der Waals surface area contributed by atoms with Crippen molar-refractivity contribution in [3.63, 3.8) is 0 Å². The van der Waals surface area contributed by atoms with Crippen molar-refractivity contribution in [1.82, 2.24) is 4.98 Å². The molecule has 0 saturated carbocycles. The van der Waals surface area contributed by atoms with E-state index in [1.165, 1.54) is 0 Å². The van der Waals surface area contributed by atoms with Crippen LogP contribution in [0.15, 0.2) is 41.3 Å². The monoisotopic (exact) mass is 295 g/mol. The average molecular weight is 295 g/mol. The highest BCUT2D eigenvalue weighted by Crippen LogP contribution is 2.19. The van der Waals surface area contributed by atoms with Crippen molar-refractivity contribution in [3.8, 4) is 11.8 Å². The van der Waals surface area contributed by atoms with Gasteiger partial charge in [0.1, 0.15) is 11.8 Å². The van der Waals surface area contributed by atoms with E-state index < -0.39 is 0 Å². The van der Waals surface area contributed by atoms with Gasteiger partial charge in [-0.05, 0) is 30.7 Å². The van der Waals surface area contributed by atoms with Crippen molar-refractivity contribution in [3.05, 3.63) is 54.1 Å². The van der Waals surface area contributed by atoms with Crippen LogP contribution in [0.4, 0.5) is 5.88 Å². The van der Waals surface area contributed by atoms with E-state index in [1.807, 2.05) is 43.3 Å². The first-order valence-corrected chi connectivity index (χ1v) is 6.93. The first kappa shape index (κ1) is 15.4. The molecule has 0 radical (unpaired) electrons. The second kappa shape index (κ2) is 7.70. The lowest BCUT2D eigenvalue weighted by Crippen LogP contribution is -1.97. The number of nitriles is 1. The molecule has 0 unspecified atom stereocenters. The van der Waals surface area contributed by atoms with Gasteiger partial charge in [0.15, 0.2) is 0 Å². The molecule has 5 nitrogen and oxygen atoms in total. The lowest BCUT2D eigenvalue weighted by Gasteiger charge is -2.01. The maximum absolute atomic E-state index is 9.02. The molecule has 0 atom stereocenters. The van der Waals surface area contributed by atoms with Crippen LogP contribution in [0.5, 0.6) is 5.75 Å². The van der Waals surface area contributed by atoms with Gasteiger partial charge in [-0.1, -0.05) is 18.2 Å². The highest BCUT2D eigenvalue weighted by atomic mass is 16.5. The number of ether oxygens (including phenoxy) is 1. The van der Waals surface area contributed by atoms with Gasteiger partial charge in [-0.15, -0.1) is 6.58 Å². The van der Waals surface area contributed by atoms with Gasteiger partial charge in [-0.2, -0.15) is 10.2 Å². The van der Waals surface area contributed by atoms with Crippen molar-refractivity contribution in [2.45, 2.75) is 6.92 Å². The summed E-state index contributed by atoms with van der Waals surface area (Å²) in [6.07, 6.45) is 5.26. The molecule has 0 aliphatic rings. The fraction of sp³-hybridized carbons (Fsp3) is 0.176. The van der Waals surface area contributed by atoms with E-state index in [2.05, 4.69) is 16.9 Å². The Kier molecular flexibility index (Phi) is 5.38. The molecule has 22 heavy (non-hydrogen) atoms. The van der Waals surface area contributed by atoms with E-state index in [0.29, 0.717) is 24.9 Å². The Labute approximate surface area is 129 Å². The third kappa shape index (κ3) is 4.00. The predicted molar refractivity (Wildman–Crippen MR) is 86.4 cm³/mol. The Morgan fingerprint density at radius 3 is 2.77 bits per heavy atom. The minimum atomic E-state index is 0.230. The summed E-state index contributed by atoms with van der Waals surface area (Å²) in [5, 5.41) is 12.0. The summed E-state index contributed by atoms with van der Waals surface area (Å²) < 4.78 is 10.9. The Morgan fingerprint density at radius 1 is 1.36 bits per heavy atom. The number of oxazole rings is 1. The van der Waals surface area contributed by atoms with Gasteiger partial charge < -0.3 is 14.5 Å². The van der Waals surface area contributed by atoms with E-state index >= 15 is 0 Å². The first-order valence-electron chi connectivity index (χ1n) is 6.93. The van der Waals surface area contributed by atoms with Crippen molar-refractivity contribution in [2.75, 3.05) is 18.5 Å². The lowest BCUT2D eigenvalue weighted by molar-refractivity contribution is 0.340. The fourth-order valence-corrected chi connectivity index (χ4v) is 1.78. The highest BCUT2D eigenvalue weighted by molar-refractivity contribution is 5.67. The number of nitrogens with one attached hydrogen (secondary N) is 1. The second-order valence-corrected chi connectivity index (χ2v) is 4.35. The van der Waals surface area contributed by atoms with Crippen LogP contribution in [0, 0.1) is 11.3 Å². The van der Waals surface area contributed by atoms with Crippen molar-refractivity contribution in [2.24, 2.45) is 0 Å². The number of nitrogens with zero attached hydrogens (tertiary/aromatic N) is 2. The summed E-state index contributed by atoms with van der Waals surface area (Å²) in [7, 11) is 0. The number of rotatable bonds is 7. The number of hydrogen-bond donors (Lipinski definition) is 1. The summed E-state index contributed by atoms with van der Waals surface area (Å²) in [6.45, 7) is 6.70. The summed E-state index contributed by atoms with van der Waals surface area (Å²) in [5.74, 6) is 1.56. The third-order valence-electron chi connectivity index (χ3n) is 2.77. The van der Waals surface area contributed by atoms with Gasteiger partial charge >= 0.3 is 0 Å². The zero-order valence-electron chi connectivity index (χ0n) is 12.4. The molecule has 2 rings (SSSR count). The Hall–Kier alpha value is -3.00. The zero-order chi connectivity index (χ0) is 15.8. The van der Waals surface area contributed by atoms with Crippen LogP contribution in [0.25, 0.3) is 12.2 Å². The lowest BCUT2D eigenvalue weighted by atomic mass is 10.2. The van der Waals surface area contributed by atoms with Crippen LogP contribution in [-0.2, 0) is 0 Å². The van der Waals surface area contributed by atoms with E-state index in [4.69, 9.17) is 14.4 Å². The normalized spacial score (nSPS) is 10.4. The molecule has 1 aromatic heterocycles. The van der Waals surface area contributed by atoms with E-state index in [1.54, 1.807) is 12.2 Å². The topological polar surface area (TPSA) is 71.1 Å². The molecular weight excluding hydrogens is 278 g/mol. The highest BCUT2D eigenvalue weighted by Gasteiger charge is 2.09. The van der Waals surface area contributed by atoms with E-state index in [0.717, 1.165) is 11.3 Å². The molecular formula is C17H17N3O2. The first-order chi connectivity index (χ1) is 10.8. The molecule has 2 aromatic rings. The second-order valence-electron chi connectivity index (χ2n) is 4.35. The zero-order valence-corrected chi connectivity index (χ0v) is 12.4. The van der Waals surface area contributed by atoms with Gasteiger partial charge in [0.25, 0.3) is 0 Å². The molecule has 1 aromatic carbocycles. The molecule has 1 N–H and O–H groups in total. The van der Waals surface area contributed by atoms with Crippen molar-refractivity contribution < 1.29 is 9.15 Å². The van der Waals surface area contributed by atoms with Gasteiger partial charge in [-0.3, -0.25) is 0 Å². The maximum atomic E-state index is 9.02. The van der Waals surface area contributed by atoms with E-state index in [9.17, 15) is 0 Å². The van der Waals surface area contributed by atoms with Crippen LogP contribution in [0.1, 0.15) is 24.1 Å². The molecule has 0 aliphatic heterocycles. The van der Waals surface area contributed by atoms with Gasteiger partial charge in [0, 0.05) is 12.6 Å². The Balaban J connectivity index is 2.10. The van der Waals surface area contributed by atoms with Crippen LogP contribution in [-0.4, -0.2) is 18.1 Å². The largest absolute Gasteiger partial charge is 0.494 e. The minimum absolute atomic E-state index is 0.230. The number of benzene rings is 1. The summed E-state index contributed by atoms with van der Waals surface area (Å²) in [5.41, 5.74) is 1.22. The van der Waals surface area contributed by atoms with E-state index in [-0.39, 0.29) is 5.69 Å². The van der Waals surface area contributed by atoms with Gasteiger partial charge in [0.05, 0.1) is 6.61 Å². The Bertz CT molecular complexity index is 694. The number of aromatic nitrogens is 1. The SMILES string of the molecule is C=CCNc1oc(/C=C/c2ccc(OCC)cc2)nc1C#N. The fourth-order valence-electron chi connectivity index (χ4n) is 1.78. The molecule has 5 heteroatoms. The van der Waals surface area contributed by atoms with Crippen LogP contribution in [0.3, 0.4) is 0 Å². The molecule has 112 valence electrons. The van der Waals surface area contributed by atoms with Crippen LogP contribution >= 0.6 is 0 Å². The van der Waals surface area contributed by atoms with Crippen molar-refractivity contribution >= 4 is 18.0 Å². The average Bonchev–Trinajstić information content (AvgIpc) is 2.95. The molecule has 0 saturated heterocycles. The predicted octanol–water partition coefficient (Wildman–Crippen LogP) is 3.71. The standard InChI is InChI=1S/C17H17N3O2/c1-3-11-19-17-15(12-18)20-16(22-17)10-7-13-5-8-14(9-6-13)21-4-2/h3,5-10,19H,1,4,11H2,2H3/b10-7+. The third-order valence-corrected chi connectivity index (χ3v) is 2.77. The summed E-state index contributed by atoms with van der Waals surface area (Å²) >= 11 is 0.